The third kappa shape index (κ3) is 5.85. The Morgan fingerprint density at radius 3 is 2.56 bits per heavy atom. The highest BCUT2D eigenvalue weighted by atomic mass is 16.6. The molecule has 2 aliphatic carbocycles. The third-order valence-electron chi connectivity index (χ3n) is 8.77. The normalized spacial score (nSPS) is 39.0. The van der Waals surface area contributed by atoms with Crippen LogP contribution in [0.1, 0.15) is 92.4 Å². The number of aliphatic hydroxyl groups is 2. The molecule has 32 heavy (non-hydrogen) atoms. The molecule has 0 bridgehead atoms. The molecular formula is C26H44O6. The maximum absolute atomic E-state index is 13.0. The maximum Gasteiger partial charge on any atom is 0.311 e. The second kappa shape index (κ2) is 10.4. The first-order valence-corrected chi connectivity index (χ1v) is 12.8. The highest BCUT2D eigenvalue weighted by Gasteiger charge is 2.49. The van der Waals surface area contributed by atoms with Crippen LogP contribution < -0.4 is 0 Å². The summed E-state index contributed by atoms with van der Waals surface area (Å²) in [4.78, 5) is 24.8. The average molecular weight is 453 g/mol. The molecule has 2 saturated carbocycles. The minimum atomic E-state index is -0.607. The Labute approximate surface area is 193 Å². The Kier molecular flexibility index (Phi) is 8.30. The third-order valence-corrected chi connectivity index (χ3v) is 8.77. The Hall–Kier alpha value is -1.14. The second-order valence-corrected chi connectivity index (χ2v) is 11.5. The molecule has 2 N–H and O–H groups in total. The summed E-state index contributed by atoms with van der Waals surface area (Å²) in [6.45, 7) is 10.0. The van der Waals surface area contributed by atoms with Gasteiger partial charge in [0, 0.05) is 12.3 Å². The maximum atomic E-state index is 13.0. The second-order valence-electron chi connectivity index (χ2n) is 11.5. The SMILES string of the molecule is CCC(C)(C)C(=O)O[C@H]1C[C@@H]([C@@H](C)O)C[C@@H]2CC[C@H](C)[C@H](CC[C@@H]3CC(O)CC(=O)O3)[C@@H]21. The van der Waals surface area contributed by atoms with Crippen molar-refractivity contribution in [2.45, 2.75) is 117 Å². The standard InChI is InChI=1S/C26H44O6/c1-6-26(4,5)25(30)32-22-12-18(16(3)27)11-17-8-7-15(2)21(24(17)22)10-9-20-13-19(28)14-23(29)31-20/h15-22,24,27-28H,6-14H2,1-5H3/t15-,16+,17-,18-,19?,20+,21-,22-,24+/m0/s1. The van der Waals surface area contributed by atoms with E-state index in [2.05, 4.69) is 6.92 Å². The van der Waals surface area contributed by atoms with Crippen molar-refractivity contribution in [2.75, 3.05) is 0 Å². The zero-order chi connectivity index (χ0) is 23.6. The molecule has 0 aromatic rings. The minimum absolute atomic E-state index is 0.0903. The van der Waals surface area contributed by atoms with Crippen LogP contribution in [0.25, 0.3) is 0 Å². The van der Waals surface area contributed by atoms with Crippen LogP contribution in [0.3, 0.4) is 0 Å². The van der Waals surface area contributed by atoms with E-state index in [9.17, 15) is 19.8 Å². The molecule has 1 unspecified atom stereocenters. The number of carbonyl (C=O) groups excluding carboxylic acids is 2. The summed E-state index contributed by atoms with van der Waals surface area (Å²) in [6.07, 6.45) is 5.47. The molecule has 0 spiro atoms. The summed E-state index contributed by atoms with van der Waals surface area (Å²) >= 11 is 0. The first kappa shape index (κ1) is 25.5. The molecule has 0 radical (unpaired) electrons. The fourth-order valence-corrected chi connectivity index (χ4v) is 6.26. The van der Waals surface area contributed by atoms with Crippen LogP contribution in [0.2, 0.25) is 0 Å². The Morgan fingerprint density at radius 1 is 1.22 bits per heavy atom. The van der Waals surface area contributed by atoms with Crippen LogP contribution in [0.4, 0.5) is 0 Å². The first-order chi connectivity index (χ1) is 15.0. The van der Waals surface area contributed by atoms with Crippen LogP contribution >= 0.6 is 0 Å². The van der Waals surface area contributed by atoms with Gasteiger partial charge in [0.2, 0.25) is 0 Å². The summed E-state index contributed by atoms with van der Waals surface area (Å²) in [5, 5.41) is 20.3. The number of rotatable bonds is 7. The van der Waals surface area contributed by atoms with E-state index in [0.29, 0.717) is 30.6 Å². The Bertz CT molecular complexity index is 659. The predicted molar refractivity (Wildman–Crippen MR) is 122 cm³/mol. The lowest BCUT2D eigenvalue weighted by molar-refractivity contribution is -0.176. The van der Waals surface area contributed by atoms with Gasteiger partial charge in [-0.05, 0) is 83.0 Å². The van der Waals surface area contributed by atoms with E-state index in [4.69, 9.17) is 9.47 Å². The quantitative estimate of drug-likeness (QED) is 0.561. The number of hydrogen-bond donors (Lipinski definition) is 2. The molecule has 0 aromatic heterocycles. The van der Waals surface area contributed by atoms with Gasteiger partial charge in [0.25, 0.3) is 0 Å². The van der Waals surface area contributed by atoms with Crippen LogP contribution in [0.15, 0.2) is 0 Å². The van der Waals surface area contributed by atoms with Gasteiger partial charge in [-0.2, -0.15) is 0 Å². The predicted octanol–water partition coefficient (Wildman–Crippen LogP) is 4.25. The molecule has 184 valence electrons. The molecule has 0 amide bonds. The lowest BCUT2D eigenvalue weighted by Gasteiger charge is -2.51. The summed E-state index contributed by atoms with van der Waals surface area (Å²) in [5.41, 5.74) is -0.518. The molecule has 3 aliphatic rings. The van der Waals surface area contributed by atoms with E-state index in [-0.39, 0.29) is 42.4 Å². The lowest BCUT2D eigenvalue weighted by atomic mass is 9.57. The van der Waals surface area contributed by atoms with E-state index >= 15 is 0 Å². The van der Waals surface area contributed by atoms with E-state index in [1.807, 2.05) is 27.7 Å². The Morgan fingerprint density at radius 2 is 1.94 bits per heavy atom. The van der Waals surface area contributed by atoms with Crippen LogP contribution in [-0.2, 0) is 19.1 Å². The van der Waals surface area contributed by atoms with Crippen molar-refractivity contribution in [3.63, 3.8) is 0 Å². The van der Waals surface area contributed by atoms with Crippen LogP contribution in [0.5, 0.6) is 0 Å². The van der Waals surface area contributed by atoms with Crippen molar-refractivity contribution in [2.24, 2.45) is 35.0 Å². The molecule has 9 atom stereocenters. The van der Waals surface area contributed by atoms with Gasteiger partial charge in [-0.25, -0.2) is 0 Å². The summed E-state index contributed by atoms with van der Waals surface area (Å²) in [7, 11) is 0. The number of carbonyl (C=O) groups is 2. The molecule has 0 aromatic carbocycles. The fraction of sp³-hybridized carbons (Fsp3) is 0.923. The first-order valence-electron chi connectivity index (χ1n) is 12.8. The van der Waals surface area contributed by atoms with Gasteiger partial charge < -0.3 is 19.7 Å². The molecule has 3 fully saturated rings. The fourth-order valence-electron chi connectivity index (χ4n) is 6.26. The minimum Gasteiger partial charge on any atom is -0.462 e. The number of ether oxygens (including phenoxy) is 2. The monoisotopic (exact) mass is 452 g/mol. The molecule has 1 saturated heterocycles. The van der Waals surface area contributed by atoms with Crippen LogP contribution in [0, 0.1) is 35.0 Å². The van der Waals surface area contributed by atoms with Crippen molar-refractivity contribution >= 4 is 11.9 Å². The van der Waals surface area contributed by atoms with E-state index < -0.39 is 17.6 Å². The number of aliphatic hydroxyl groups excluding tert-OH is 2. The molecule has 3 rings (SSSR count). The van der Waals surface area contributed by atoms with E-state index in [0.717, 1.165) is 38.5 Å². The number of fused-ring (bicyclic) bond motifs is 1. The smallest absolute Gasteiger partial charge is 0.311 e. The average Bonchev–Trinajstić information content (AvgIpc) is 2.72. The summed E-state index contributed by atoms with van der Waals surface area (Å²) in [5.74, 6) is 1.29. The highest BCUT2D eigenvalue weighted by molar-refractivity contribution is 5.76. The number of hydrogen-bond acceptors (Lipinski definition) is 6. The van der Waals surface area contributed by atoms with Crippen LogP contribution in [-0.4, -0.2) is 46.6 Å². The largest absolute Gasteiger partial charge is 0.462 e. The lowest BCUT2D eigenvalue weighted by Crippen LogP contribution is -2.50. The highest BCUT2D eigenvalue weighted by Crippen LogP contribution is 2.51. The van der Waals surface area contributed by atoms with Crippen molar-refractivity contribution in [1.82, 2.24) is 0 Å². The molecular weight excluding hydrogens is 408 g/mol. The number of esters is 2. The van der Waals surface area contributed by atoms with Gasteiger partial charge in [-0.15, -0.1) is 0 Å². The summed E-state index contributed by atoms with van der Waals surface area (Å²) in [6, 6.07) is 0. The van der Waals surface area contributed by atoms with Gasteiger partial charge in [0.1, 0.15) is 12.2 Å². The van der Waals surface area contributed by atoms with Crippen molar-refractivity contribution in [3.8, 4) is 0 Å². The van der Waals surface area contributed by atoms with Gasteiger partial charge >= 0.3 is 11.9 Å². The summed E-state index contributed by atoms with van der Waals surface area (Å²) < 4.78 is 11.7. The van der Waals surface area contributed by atoms with Gasteiger partial charge in [0.05, 0.1) is 24.0 Å². The Balaban J connectivity index is 1.77. The zero-order valence-electron chi connectivity index (χ0n) is 20.6. The van der Waals surface area contributed by atoms with Crippen molar-refractivity contribution < 1.29 is 29.3 Å². The number of cyclic esters (lactones) is 1. The molecule has 1 aliphatic heterocycles. The zero-order valence-corrected chi connectivity index (χ0v) is 20.6. The topological polar surface area (TPSA) is 93.1 Å². The molecule has 1 heterocycles. The van der Waals surface area contributed by atoms with Crippen molar-refractivity contribution in [1.29, 1.82) is 0 Å². The van der Waals surface area contributed by atoms with Crippen molar-refractivity contribution in [3.05, 3.63) is 0 Å². The molecule has 6 heteroatoms. The molecule has 6 nitrogen and oxygen atoms in total. The van der Waals surface area contributed by atoms with E-state index in [1.165, 1.54) is 0 Å². The van der Waals surface area contributed by atoms with Gasteiger partial charge in [-0.3, -0.25) is 9.59 Å². The van der Waals surface area contributed by atoms with Gasteiger partial charge in [0.15, 0.2) is 0 Å². The van der Waals surface area contributed by atoms with Gasteiger partial charge in [-0.1, -0.05) is 20.3 Å². The van der Waals surface area contributed by atoms with E-state index in [1.54, 1.807) is 0 Å².